The average molecular weight is 643 g/mol. The van der Waals surface area contributed by atoms with Gasteiger partial charge in [0.25, 0.3) is 0 Å². The number of aryl methyl sites for hydroxylation is 1. The number of nitrogens with one attached hydrogen (secondary N) is 1. The fourth-order valence-electron chi connectivity index (χ4n) is 4.55. The van der Waals surface area contributed by atoms with Crippen molar-refractivity contribution >= 4 is 43.5 Å². The maximum atomic E-state index is 13.9. The van der Waals surface area contributed by atoms with Crippen LogP contribution in [0.2, 0.25) is 0 Å². The van der Waals surface area contributed by atoms with Crippen molar-refractivity contribution in [2.24, 2.45) is 0 Å². The van der Waals surface area contributed by atoms with E-state index in [0.717, 1.165) is 21.2 Å². The Kier molecular flexibility index (Phi) is 11.2. The van der Waals surface area contributed by atoms with E-state index < -0.39 is 21.6 Å². The summed E-state index contributed by atoms with van der Waals surface area (Å²) < 4.78 is 27.4. The summed E-state index contributed by atoms with van der Waals surface area (Å²) in [5.74, 6) is -0.450. The molecule has 1 atom stereocenters. The van der Waals surface area contributed by atoms with Crippen molar-refractivity contribution in [1.82, 2.24) is 10.2 Å². The molecule has 0 unspecified atom stereocenters. The molecule has 0 aliphatic rings. The second-order valence-electron chi connectivity index (χ2n) is 11.4. The number of anilines is 1. The number of benzene rings is 3. The molecule has 0 radical (unpaired) electrons. The molecule has 9 heteroatoms. The number of sulfonamides is 1. The largest absolute Gasteiger partial charge is 0.350 e. The van der Waals surface area contributed by atoms with Crippen LogP contribution < -0.4 is 9.62 Å². The highest BCUT2D eigenvalue weighted by Crippen LogP contribution is 2.22. The molecule has 0 saturated heterocycles. The van der Waals surface area contributed by atoms with E-state index in [0.29, 0.717) is 18.5 Å². The van der Waals surface area contributed by atoms with Gasteiger partial charge in [-0.3, -0.25) is 13.9 Å². The second kappa shape index (κ2) is 14.1. The fraction of sp³-hybridized carbons (Fsp3) is 0.375. The van der Waals surface area contributed by atoms with Crippen LogP contribution in [0, 0.1) is 6.92 Å². The predicted octanol–water partition coefficient (Wildman–Crippen LogP) is 5.86. The highest BCUT2D eigenvalue weighted by atomic mass is 79.9. The van der Waals surface area contributed by atoms with Crippen molar-refractivity contribution in [2.75, 3.05) is 17.1 Å². The summed E-state index contributed by atoms with van der Waals surface area (Å²) in [6.45, 7) is 8.06. The van der Waals surface area contributed by atoms with E-state index in [-0.39, 0.29) is 31.3 Å². The van der Waals surface area contributed by atoms with Gasteiger partial charge < -0.3 is 10.2 Å². The maximum absolute atomic E-state index is 13.9. The summed E-state index contributed by atoms with van der Waals surface area (Å²) in [4.78, 5) is 29.2. The zero-order valence-corrected chi connectivity index (χ0v) is 26.8. The van der Waals surface area contributed by atoms with Gasteiger partial charge in [-0.15, -0.1) is 0 Å². The first kappa shape index (κ1) is 32.3. The lowest BCUT2D eigenvalue weighted by Crippen LogP contribution is -2.54. The predicted molar refractivity (Wildman–Crippen MR) is 169 cm³/mol. The molecule has 0 bridgehead atoms. The van der Waals surface area contributed by atoms with Crippen LogP contribution in [0.5, 0.6) is 0 Å². The summed E-state index contributed by atoms with van der Waals surface area (Å²) in [7, 11) is -3.55. The molecule has 0 aliphatic carbocycles. The van der Waals surface area contributed by atoms with Crippen molar-refractivity contribution < 1.29 is 18.0 Å². The zero-order valence-electron chi connectivity index (χ0n) is 24.4. The van der Waals surface area contributed by atoms with Gasteiger partial charge in [0, 0.05) is 35.9 Å². The minimum atomic E-state index is -3.55. The molecule has 0 fully saturated rings. The lowest BCUT2D eigenvalue weighted by molar-refractivity contribution is -0.142. The number of hydrogen-bond donors (Lipinski definition) is 1. The third-order valence-electron chi connectivity index (χ3n) is 6.49. The molecule has 0 aliphatic heterocycles. The van der Waals surface area contributed by atoms with E-state index in [4.69, 9.17) is 0 Å². The van der Waals surface area contributed by atoms with E-state index in [2.05, 4.69) is 21.2 Å². The Morgan fingerprint density at radius 3 is 2.15 bits per heavy atom. The van der Waals surface area contributed by atoms with Crippen LogP contribution in [0.15, 0.2) is 83.3 Å². The Morgan fingerprint density at radius 1 is 0.927 bits per heavy atom. The molecule has 3 aromatic rings. The SMILES string of the molecule is Cc1ccc(N(CCCC(=O)N(Cc2cccc(Br)c2)[C@H](Cc2ccccc2)C(=O)NC(C)(C)C)S(C)(=O)=O)cc1. The van der Waals surface area contributed by atoms with Crippen LogP contribution in [0.1, 0.15) is 50.3 Å². The average Bonchev–Trinajstić information content (AvgIpc) is 2.88. The van der Waals surface area contributed by atoms with Crippen molar-refractivity contribution in [3.8, 4) is 0 Å². The lowest BCUT2D eigenvalue weighted by Gasteiger charge is -2.34. The van der Waals surface area contributed by atoms with Gasteiger partial charge in [0.1, 0.15) is 6.04 Å². The lowest BCUT2D eigenvalue weighted by atomic mass is 10.00. The summed E-state index contributed by atoms with van der Waals surface area (Å²) >= 11 is 3.51. The van der Waals surface area contributed by atoms with Gasteiger partial charge in [-0.25, -0.2) is 8.42 Å². The van der Waals surface area contributed by atoms with Crippen molar-refractivity contribution in [3.05, 3.63) is 100 Å². The Morgan fingerprint density at radius 2 is 1.56 bits per heavy atom. The van der Waals surface area contributed by atoms with Crippen molar-refractivity contribution in [1.29, 1.82) is 0 Å². The topological polar surface area (TPSA) is 86.8 Å². The van der Waals surface area contributed by atoms with Gasteiger partial charge >= 0.3 is 0 Å². The molecule has 0 saturated carbocycles. The third kappa shape index (κ3) is 10.3. The van der Waals surface area contributed by atoms with Crippen LogP contribution in [0.4, 0.5) is 5.69 Å². The maximum Gasteiger partial charge on any atom is 0.243 e. The third-order valence-corrected chi connectivity index (χ3v) is 8.17. The molecule has 0 heterocycles. The molecule has 3 aromatic carbocycles. The highest BCUT2D eigenvalue weighted by molar-refractivity contribution is 9.10. The Bertz CT molecular complexity index is 1420. The number of carbonyl (C=O) groups is 2. The van der Waals surface area contributed by atoms with E-state index in [1.807, 2.05) is 94.4 Å². The zero-order chi connectivity index (χ0) is 30.2. The Balaban J connectivity index is 1.90. The molecule has 2 amide bonds. The minimum Gasteiger partial charge on any atom is -0.350 e. The van der Waals surface area contributed by atoms with Gasteiger partial charge in [-0.1, -0.05) is 76.1 Å². The molecular formula is C32H40BrN3O4S. The van der Waals surface area contributed by atoms with Gasteiger partial charge in [-0.05, 0) is 69.5 Å². The number of amides is 2. The van der Waals surface area contributed by atoms with Gasteiger partial charge in [-0.2, -0.15) is 0 Å². The highest BCUT2D eigenvalue weighted by Gasteiger charge is 2.32. The Labute approximate surface area is 253 Å². The summed E-state index contributed by atoms with van der Waals surface area (Å²) in [6.07, 6.45) is 1.90. The fourth-order valence-corrected chi connectivity index (χ4v) is 5.97. The smallest absolute Gasteiger partial charge is 0.243 e. The molecule has 1 N–H and O–H groups in total. The monoisotopic (exact) mass is 641 g/mol. The molecule has 0 spiro atoms. The molecule has 41 heavy (non-hydrogen) atoms. The molecule has 3 rings (SSSR count). The summed E-state index contributed by atoms with van der Waals surface area (Å²) in [5.41, 5.74) is 2.92. The second-order valence-corrected chi connectivity index (χ2v) is 14.2. The van der Waals surface area contributed by atoms with Crippen molar-refractivity contribution in [2.45, 2.75) is 65.1 Å². The molecule has 0 aromatic heterocycles. The van der Waals surface area contributed by atoms with Gasteiger partial charge in [0.05, 0.1) is 11.9 Å². The summed E-state index contributed by atoms with van der Waals surface area (Å²) in [5, 5.41) is 3.06. The van der Waals surface area contributed by atoms with Crippen molar-refractivity contribution in [3.63, 3.8) is 0 Å². The molecule has 220 valence electrons. The minimum absolute atomic E-state index is 0.0833. The van der Waals surface area contributed by atoms with Gasteiger partial charge in [0.2, 0.25) is 21.8 Å². The molecular weight excluding hydrogens is 602 g/mol. The van der Waals surface area contributed by atoms with E-state index in [9.17, 15) is 18.0 Å². The quantitative estimate of drug-likeness (QED) is 0.268. The first-order chi connectivity index (χ1) is 19.2. The van der Waals surface area contributed by atoms with Crippen LogP contribution >= 0.6 is 15.9 Å². The van der Waals surface area contributed by atoms with Crippen LogP contribution in [0.3, 0.4) is 0 Å². The van der Waals surface area contributed by atoms with E-state index >= 15 is 0 Å². The number of halogens is 1. The van der Waals surface area contributed by atoms with Gasteiger partial charge in [0.15, 0.2) is 0 Å². The van der Waals surface area contributed by atoms with E-state index in [1.165, 1.54) is 10.6 Å². The van der Waals surface area contributed by atoms with Crippen LogP contribution in [0.25, 0.3) is 0 Å². The van der Waals surface area contributed by atoms with Crippen LogP contribution in [-0.4, -0.2) is 49.5 Å². The normalized spacial score (nSPS) is 12.4. The number of rotatable bonds is 12. The molecule has 7 nitrogen and oxygen atoms in total. The standard InChI is InChI=1S/C32H40BrN3O4S/c1-24-16-18-28(19-17-24)36(41(5,39)40)20-10-15-30(37)35(23-26-13-9-14-27(33)21-26)29(31(38)34-32(2,3)4)22-25-11-7-6-8-12-25/h6-9,11-14,16-19,21,29H,10,15,20,22-23H2,1-5H3,(H,34,38)/t29-/m1/s1. The number of nitrogens with zero attached hydrogens (tertiary/aromatic N) is 2. The Hall–Kier alpha value is -3.17. The van der Waals surface area contributed by atoms with E-state index in [1.54, 1.807) is 17.0 Å². The summed E-state index contributed by atoms with van der Waals surface area (Å²) in [6, 6.07) is 23.8. The van der Waals surface area contributed by atoms with Crippen LogP contribution in [-0.2, 0) is 32.6 Å². The number of carbonyl (C=O) groups excluding carboxylic acids is 2. The number of hydrogen-bond acceptors (Lipinski definition) is 4. The first-order valence-corrected chi connectivity index (χ1v) is 16.3. The first-order valence-electron chi connectivity index (χ1n) is 13.7.